The lowest BCUT2D eigenvalue weighted by Crippen LogP contribution is -2.30. The first-order valence-electron chi connectivity index (χ1n) is 14.9. The Balaban J connectivity index is 1.31. The van der Waals surface area contributed by atoms with Crippen LogP contribution < -0.4 is 21.3 Å². The molecule has 5 aromatic carbocycles. The summed E-state index contributed by atoms with van der Waals surface area (Å²) >= 11 is 7.71. The zero-order chi connectivity index (χ0) is 33.9. The van der Waals surface area contributed by atoms with Crippen molar-refractivity contribution < 1.29 is 19.2 Å². The second kappa shape index (κ2) is 16.3. The first-order valence-corrected chi connectivity index (χ1v) is 16.1. The van der Waals surface area contributed by atoms with E-state index < -0.39 is 17.1 Å². The number of hydrogen-bond acceptors (Lipinski definition) is 5. The van der Waals surface area contributed by atoms with Gasteiger partial charge in [-0.2, -0.15) is 0 Å². The summed E-state index contributed by atoms with van der Waals surface area (Å²) in [6.45, 7) is 1.43. The summed E-state index contributed by atoms with van der Waals surface area (Å²) in [5, 5.41) is 11.1. The minimum absolute atomic E-state index is 0.0151. The Hall–Kier alpha value is -5.64. The Labute approximate surface area is 287 Å². The maximum Gasteiger partial charge on any atom is 0.272 e. The Morgan fingerprint density at radius 3 is 1.81 bits per heavy atom. The number of carbonyl (C=O) groups excluding carboxylic acids is 4. The van der Waals surface area contributed by atoms with Crippen LogP contribution in [0.25, 0.3) is 6.08 Å². The van der Waals surface area contributed by atoms with E-state index in [9.17, 15) is 19.2 Å². The second-order valence-corrected chi connectivity index (χ2v) is 12.1. The van der Waals surface area contributed by atoms with Gasteiger partial charge in [0.25, 0.3) is 11.8 Å². The summed E-state index contributed by atoms with van der Waals surface area (Å²) in [6.07, 6.45) is 1.53. The van der Waals surface area contributed by atoms with Gasteiger partial charge in [0.1, 0.15) is 10.9 Å². The standard InChI is InChI=1S/C38H31ClN4O4S/c1-25(44)40-29-16-18-30(19-17-29)42-38(47)35(26-10-4-2-5-11-26)48-32-22-20-31(21-23-32)41-37(46)34(24-28-14-8-9-15-33(28)39)43-36(45)27-12-6-3-7-13-27/h2-24,35H,1H3,(H,40,44)(H,41,46)(H,42,47)(H,43,45)/b34-24-. The third-order valence-electron chi connectivity index (χ3n) is 6.91. The third kappa shape index (κ3) is 9.45. The highest BCUT2D eigenvalue weighted by Crippen LogP contribution is 2.37. The van der Waals surface area contributed by atoms with E-state index in [4.69, 9.17) is 11.6 Å². The number of rotatable bonds is 11. The van der Waals surface area contributed by atoms with E-state index in [0.29, 0.717) is 33.2 Å². The maximum absolute atomic E-state index is 13.5. The molecule has 0 aromatic heterocycles. The van der Waals surface area contributed by atoms with Crippen LogP contribution in [0.2, 0.25) is 5.02 Å². The second-order valence-electron chi connectivity index (χ2n) is 10.5. The van der Waals surface area contributed by atoms with Crippen LogP contribution in [0.5, 0.6) is 0 Å². The molecule has 10 heteroatoms. The fraction of sp³-hybridized carbons (Fsp3) is 0.0526. The smallest absolute Gasteiger partial charge is 0.272 e. The topological polar surface area (TPSA) is 116 Å². The van der Waals surface area contributed by atoms with Crippen molar-refractivity contribution in [1.82, 2.24) is 5.32 Å². The summed E-state index contributed by atoms with van der Waals surface area (Å²) in [5.74, 6) is -1.38. The van der Waals surface area contributed by atoms with E-state index >= 15 is 0 Å². The minimum Gasteiger partial charge on any atom is -0.326 e. The van der Waals surface area contributed by atoms with Gasteiger partial charge in [-0.25, -0.2) is 0 Å². The summed E-state index contributed by atoms with van der Waals surface area (Å²) in [6, 6.07) is 39.0. The fourth-order valence-corrected chi connectivity index (χ4v) is 5.80. The highest BCUT2D eigenvalue weighted by Gasteiger charge is 2.23. The van der Waals surface area contributed by atoms with E-state index in [2.05, 4.69) is 21.3 Å². The van der Waals surface area contributed by atoms with E-state index in [1.165, 1.54) is 24.8 Å². The molecule has 8 nitrogen and oxygen atoms in total. The molecule has 5 rings (SSSR count). The summed E-state index contributed by atoms with van der Waals surface area (Å²) < 4.78 is 0. The summed E-state index contributed by atoms with van der Waals surface area (Å²) in [7, 11) is 0. The number of anilines is 3. The monoisotopic (exact) mass is 674 g/mol. The van der Waals surface area contributed by atoms with Gasteiger partial charge in [-0.05, 0) is 83.9 Å². The predicted molar refractivity (Wildman–Crippen MR) is 193 cm³/mol. The van der Waals surface area contributed by atoms with Crippen LogP contribution in [0.3, 0.4) is 0 Å². The van der Waals surface area contributed by atoms with Gasteiger partial charge in [0, 0.05) is 39.5 Å². The fourth-order valence-electron chi connectivity index (χ4n) is 4.59. The van der Waals surface area contributed by atoms with Crippen molar-refractivity contribution in [2.24, 2.45) is 0 Å². The molecule has 240 valence electrons. The van der Waals surface area contributed by atoms with Crippen molar-refractivity contribution in [3.05, 3.63) is 161 Å². The van der Waals surface area contributed by atoms with Crippen molar-refractivity contribution in [1.29, 1.82) is 0 Å². The lowest BCUT2D eigenvalue weighted by Gasteiger charge is -2.18. The Morgan fingerprint density at radius 2 is 1.19 bits per heavy atom. The first-order chi connectivity index (χ1) is 23.2. The van der Waals surface area contributed by atoms with Crippen LogP contribution in [0.1, 0.15) is 33.7 Å². The molecule has 0 aliphatic carbocycles. The van der Waals surface area contributed by atoms with Crippen LogP contribution in [-0.4, -0.2) is 23.6 Å². The summed E-state index contributed by atoms with van der Waals surface area (Å²) in [4.78, 5) is 52.1. The van der Waals surface area contributed by atoms with E-state index in [-0.39, 0.29) is 17.5 Å². The quantitative estimate of drug-likeness (QED) is 0.0833. The molecule has 4 N–H and O–H groups in total. The van der Waals surface area contributed by atoms with Crippen molar-refractivity contribution in [2.75, 3.05) is 16.0 Å². The lowest BCUT2D eigenvalue weighted by atomic mass is 10.1. The maximum atomic E-state index is 13.5. The molecule has 4 amide bonds. The predicted octanol–water partition coefficient (Wildman–Crippen LogP) is 8.18. The number of hydrogen-bond donors (Lipinski definition) is 4. The Kier molecular flexibility index (Phi) is 11.4. The van der Waals surface area contributed by atoms with Crippen LogP contribution >= 0.6 is 23.4 Å². The van der Waals surface area contributed by atoms with Gasteiger partial charge in [0.05, 0.1) is 0 Å². The average Bonchev–Trinajstić information content (AvgIpc) is 3.09. The molecule has 1 unspecified atom stereocenters. The van der Waals surface area contributed by atoms with E-state index in [1.54, 1.807) is 91.0 Å². The average molecular weight is 675 g/mol. The van der Waals surface area contributed by atoms with Gasteiger partial charge >= 0.3 is 0 Å². The number of nitrogens with one attached hydrogen (secondary N) is 4. The molecule has 0 bridgehead atoms. The molecule has 0 saturated carbocycles. The lowest BCUT2D eigenvalue weighted by molar-refractivity contribution is -0.116. The molecule has 0 aliphatic heterocycles. The third-order valence-corrected chi connectivity index (χ3v) is 8.52. The highest BCUT2D eigenvalue weighted by atomic mass is 35.5. The van der Waals surface area contributed by atoms with Crippen molar-refractivity contribution in [2.45, 2.75) is 17.1 Å². The van der Waals surface area contributed by atoms with Crippen molar-refractivity contribution >= 4 is 70.1 Å². The van der Waals surface area contributed by atoms with Gasteiger partial charge in [-0.3, -0.25) is 19.2 Å². The Morgan fingerprint density at radius 1 is 0.646 bits per heavy atom. The van der Waals surface area contributed by atoms with Gasteiger partial charge in [0.15, 0.2) is 0 Å². The van der Waals surface area contributed by atoms with E-state index in [0.717, 1.165) is 10.5 Å². The number of thioether (sulfide) groups is 1. The molecule has 0 aliphatic rings. The number of benzene rings is 5. The van der Waals surface area contributed by atoms with Crippen molar-refractivity contribution in [3.8, 4) is 0 Å². The molecular formula is C38H31ClN4O4S. The normalized spacial score (nSPS) is 11.6. The SMILES string of the molecule is CC(=O)Nc1ccc(NC(=O)C(Sc2ccc(NC(=O)/C(=C/c3ccccc3Cl)NC(=O)c3ccccc3)cc2)c2ccccc2)cc1. The Bertz CT molecular complexity index is 1930. The molecule has 0 radical (unpaired) electrons. The van der Waals surface area contributed by atoms with Gasteiger partial charge in [-0.1, -0.05) is 78.3 Å². The van der Waals surface area contributed by atoms with Crippen LogP contribution in [0.15, 0.2) is 144 Å². The number of amides is 4. The minimum atomic E-state index is -0.583. The van der Waals surface area contributed by atoms with Crippen LogP contribution in [0.4, 0.5) is 17.1 Å². The molecule has 1 atom stereocenters. The first kappa shape index (κ1) is 33.7. The van der Waals surface area contributed by atoms with Gasteiger partial charge < -0.3 is 21.3 Å². The highest BCUT2D eigenvalue weighted by molar-refractivity contribution is 8.00. The largest absolute Gasteiger partial charge is 0.326 e. The molecule has 5 aromatic rings. The number of halogens is 1. The van der Waals surface area contributed by atoms with Crippen LogP contribution in [-0.2, 0) is 14.4 Å². The zero-order valence-electron chi connectivity index (χ0n) is 25.8. The molecule has 0 fully saturated rings. The molecule has 0 heterocycles. The van der Waals surface area contributed by atoms with Gasteiger partial charge in [0.2, 0.25) is 11.8 Å². The molecule has 0 saturated heterocycles. The molecular weight excluding hydrogens is 644 g/mol. The molecule has 0 spiro atoms. The summed E-state index contributed by atoms with van der Waals surface area (Å²) in [5.41, 5.74) is 3.51. The zero-order valence-corrected chi connectivity index (χ0v) is 27.3. The van der Waals surface area contributed by atoms with Crippen molar-refractivity contribution in [3.63, 3.8) is 0 Å². The van der Waals surface area contributed by atoms with E-state index in [1.807, 2.05) is 42.5 Å². The van der Waals surface area contributed by atoms with Crippen LogP contribution in [0, 0.1) is 0 Å². The van der Waals surface area contributed by atoms with Gasteiger partial charge in [-0.15, -0.1) is 11.8 Å². The molecule has 48 heavy (non-hydrogen) atoms. The number of carbonyl (C=O) groups is 4.